The standard InChI is InChI=1S/C14H23N3O/c15-9-13(16)10-17-6-5-11-3-4-14-12(8-11)2-1-7-18-14/h3-4,8,13,17H,1-2,5-7,9-10,15-16H2. The fourth-order valence-electron chi connectivity index (χ4n) is 2.17. The molecule has 1 unspecified atom stereocenters. The SMILES string of the molecule is NCC(N)CNCCc1ccc2c(c1)CCCO2. The van der Waals surface area contributed by atoms with Crippen LogP contribution in [0.15, 0.2) is 18.2 Å². The lowest BCUT2D eigenvalue weighted by molar-refractivity contribution is 0.288. The van der Waals surface area contributed by atoms with Gasteiger partial charge in [-0.3, -0.25) is 0 Å². The summed E-state index contributed by atoms with van der Waals surface area (Å²) in [6, 6.07) is 6.56. The summed E-state index contributed by atoms with van der Waals surface area (Å²) < 4.78 is 5.60. The number of aryl methyl sites for hydroxylation is 1. The molecule has 18 heavy (non-hydrogen) atoms. The zero-order valence-electron chi connectivity index (χ0n) is 10.8. The van der Waals surface area contributed by atoms with Crippen LogP contribution in [0.25, 0.3) is 0 Å². The highest BCUT2D eigenvalue weighted by atomic mass is 16.5. The van der Waals surface area contributed by atoms with Crippen LogP contribution in [-0.4, -0.2) is 32.3 Å². The van der Waals surface area contributed by atoms with Gasteiger partial charge in [-0.05, 0) is 43.0 Å². The summed E-state index contributed by atoms with van der Waals surface area (Å²) in [5.41, 5.74) is 13.9. The number of fused-ring (bicyclic) bond motifs is 1. The van der Waals surface area contributed by atoms with E-state index in [0.717, 1.165) is 44.7 Å². The van der Waals surface area contributed by atoms with E-state index in [1.807, 2.05) is 0 Å². The smallest absolute Gasteiger partial charge is 0.122 e. The van der Waals surface area contributed by atoms with Gasteiger partial charge in [0.05, 0.1) is 6.61 Å². The lowest BCUT2D eigenvalue weighted by Crippen LogP contribution is -2.40. The molecule has 0 spiro atoms. The number of nitrogens with one attached hydrogen (secondary N) is 1. The quantitative estimate of drug-likeness (QED) is 0.639. The van der Waals surface area contributed by atoms with Crippen molar-refractivity contribution in [2.75, 3.05) is 26.2 Å². The van der Waals surface area contributed by atoms with E-state index in [1.165, 1.54) is 11.1 Å². The van der Waals surface area contributed by atoms with Gasteiger partial charge in [0, 0.05) is 19.1 Å². The van der Waals surface area contributed by atoms with Crippen LogP contribution >= 0.6 is 0 Å². The number of benzene rings is 1. The second-order valence-corrected chi connectivity index (χ2v) is 4.84. The van der Waals surface area contributed by atoms with E-state index < -0.39 is 0 Å². The van der Waals surface area contributed by atoms with Crippen molar-refractivity contribution in [2.45, 2.75) is 25.3 Å². The maximum absolute atomic E-state index is 5.74. The Hall–Kier alpha value is -1.10. The van der Waals surface area contributed by atoms with Crippen LogP contribution in [0.4, 0.5) is 0 Å². The fourth-order valence-corrected chi connectivity index (χ4v) is 2.17. The van der Waals surface area contributed by atoms with Crippen molar-refractivity contribution in [1.29, 1.82) is 0 Å². The lowest BCUT2D eigenvalue weighted by atomic mass is 10.0. The van der Waals surface area contributed by atoms with Gasteiger partial charge in [-0.2, -0.15) is 0 Å². The molecule has 1 heterocycles. The van der Waals surface area contributed by atoms with Crippen LogP contribution in [0.1, 0.15) is 17.5 Å². The third-order valence-electron chi connectivity index (χ3n) is 3.27. The minimum atomic E-state index is 0.0573. The Morgan fingerprint density at radius 2 is 2.28 bits per heavy atom. The first kappa shape index (κ1) is 13.3. The summed E-state index contributed by atoms with van der Waals surface area (Å²) in [6.45, 7) is 3.10. The predicted molar refractivity (Wildman–Crippen MR) is 73.9 cm³/mol. The maximum atomic E-state index is 5.74. The van der Waals surface area contributed by atoms with Crippen LogP contribution in [0.2, 0.25) is 0 Å². The highest BCUT2D eigenvalue weighted by Crippen LogP contribution is 2.25. The van der Waals surface area contributed by atoms with Gasteiger partial charge < -0.3 is 21.5 Å². The largest absolute Gasteiger partial charge is 0.493 e. The zero-order chi connectivity index (χ0) is 12.8. The zero-order valence-corrected chi connectivity index (χ0v) is 10.8. The molecule has 0 fully saturated rings. The average Bonchev–Trinajstić information content (AvgIpc) is 2.43. The van der Waals surface area contributed by atoms with Gasteiger partial charge in [-0.1, -0.05) is 12.1 Å². The van der Waals surface area contributed by atoms with Crippen molar-refractivity contribution in [2.24, 2.45) is 11.5 Å². The van der Waals surface area contributed by atoms with Crippen LogP contribution in [0, 0.1) is 0 Å². The first-order valence-corrected chi connectivity index (χ1v) is 6.70. The van der Waals surface area contributed by atoms with E-state index in [9.17, 15) is 0 Å². The van der Waals surface area contributed by atoms with Crippen LogP contribution in [0.3, 0.4) is 0 Å². The van der Waals surface area contributed by atoms with Crippen LogP contribution in [0.5, 0.6) is 5.75 Å². The molecule has 1 aromatic carbocycles. The minimum absolute atomic E-state index is 0.0573. The maximum Gasteiger partial charge on any atom is 0.122 e. The van der Waals surface area contributed by atoms with Gasteiger partial charge in [0.2, 0.25) is 0 Å². The van der Waals surface area contributed by atoms with E-state index in [-0.39, 0.29) is 6.04 Å². The van der Waals surface area contributed by atoms with Gasteiger partial charge in [0.15, 0.2) is 0 Å². The number of ether oxygens (including phenoxy) is 1. The average molecular weight is 249 g/mol. The summed E-state index contributed by atoms with van der Waals surface area (Å²) in [6.07, 6.45) is 3.28. The molecular formula is C14H23N3O. The van der Waals surface area contributed by atoms with Gasteiger partial charge in [0.1, 0.15) is 5.75 Å². The summed E-state index contributed by atoms with van der Waals surface area (Å²) in [5, 5.41) is 3.33. The number of hydrogen-bond acceptors (Lipinski definition) is 4. The molecule has 1 aliphatic heterocycles. The third kappa shape index (κ3) is 3.70. The molecule has 0 radical (unpaired) electrons. The topological polar surface area (TPSA) is 73.3 Å². The highest BCUT2D eigenvalue weighted by Gasteiger charge is 2.10. The molecule has 4 nitrogen and oxygen atoms in total. The summed E-state index contributed by atoms with van der Waals surface area (Å²) in [4.78, 5) is 0. The molecule has 1 aliphatic rings. The Kier molecular flexibility index (Phi) is 4.99. The van der Waals surface area contributed by atoms with E-state index >= 15 is 0 Å². The van der Waals surface area contributed by atoms with Gasteiger partial charge in [-0.25, -0.2) is 0 Å². The molecular weight excluding hydrogens is 226 g/mol. The Labute approximate surface area is 109 Å². The Bertz CT molecular complexity index is 381. The number of hydrogen-bond donors (Lipinski definition) is 3. The van der Waals surface area contributed by atoms with E-state index in [4.69, 9.17) is 16.2 Å². The Morgan fingerprint density at radius 1 is 1.39 bits per heavy atom. The fraction of sp³-hybridized carbons (Fsp3) is 0.571. The molecule has 0 saturated heterocycles. The van der Waals surface area contributed by atoms with Gasteiger partial charge >= 0.3 is 0 Å². The second kappa shape index (κ2) is 6.73. The molecule has 0 bridgehead atoms. The second-order valence-electron chi connectivity index (χ2n) is 4.84. The molecule has 2 rings (SSSR count). The third-order valence-corrected chi connectivity index (χ3v) is 3.27. The number of rotatable bonds is 6. The molecule has 100 valence electrons. The summed E-state index contributed by atoms with van der Waals surface area (Å²) in [7, 11) is 0. The lowest BCUT2D eigenvalue weighted by Gasteiger charge is -2.18. The van der Waals surface area contributed by atoms with Crippen molar-refractivity contribution in [3.8, 4) is 5.75 Å². The predicted octanol–water partition coefficient (Wildman–Crippen LogP) is 0.430. The van der Waals surface area contributed by atoms with Gasteiger partial charge in [-0.15, -0.1) is 0 Å². The first-order valence-electron chi connectivity index (χ1n) is 6.70. The summed E-state index contributed by atoms with van der Waals surface area (Å²) in [5.74, 6) is 1.06. The molecule has 4 heteroatoms. The highest BCUT2D eigenvalue weighted by molar-refractivity contribution is 5.38. The minimum Gasteiger partial charge on any atom is -0.493 e. The Morgan fingerprint density at radius 3 is 3.11 bits per heavy atom. The van der Waals surface area contributed by atoms with Crippen molar-refractivity contribution in [3.05, 3.63) is 29.3 Å². The van der Waals surface area contributed by atoms with E-state index in [1.54, 1.807) is 0 Å². The van der Waals surface area contributed by atoms with E-state index in [2.05, 4.69) is 23.5 Å². The van der Waals surface area contributed by atoms with Crippen molar-refractivity contribution in [3.63, 3.8) is 0 Å². The molecule has 5 N–H and O–H groups in total. The van der Waals surface area contributed by atoms with Crippen LogP contribution < -0.4 is 21.5 Å². The first-order chi connectivity index (χ1) is 8.79. The monoisotopic (exact) mass is 249 g/mol. The molecule has 0 saturated carbocycles. The molecule has 0 aromatic heterocycles. The molecule has 1 aromatic rings. The van der Waals surface area contributed by atoms with Crippen LogP contribution in [-0.2, 0) is 12.8 Å². The normalized spacial score (nSPS) is 15.9. The van der Waals surface area contributed by atoms with Crippen molar-refractivity contribution >= 4 is 0 Å². The van der Waals surface area contributed by atoms with Crippen molar-refractivity contribution < 1.29 is 4.74 Å². The number of nitrogens with two attached hydrogens (primary N) is 2. The molecule has 0 aliphatic carbocycles. The van der Waals surface area contributed by atoms with E-state index in [0.29, 0.717) is 6.54 Å². The summed E-state index contributed by atoms with van der Waals surface area (Å²) >= 11 is 0. The Balaban J connectivity index is 1.79. The van der Waals surface area contributed by atoms with Crippen molar-refractivity contribution in [1.82, 2.24) is 5.32 Å². The van der Waals surface area contributed by atoms with Gasteiger partial charge in [0.25, 0.3) is 0 Å². The molecule has 1 atom stereocenters. The molecule has 0 amide bonds.